The molecule has 2 aliphatic heterocycles. The molecule has 0 amide bonds. The Kier molecular flexibility index (Phi) is 7.71. The van der Waals surface area contributed by atoms with Gasteiger partial charge in [-0.25, -0.2) is 0 Å². The molecule has 0 spiro atoms. The summed E-state index contributed by atoms with van der Waals surface area (Å²) in [6, 6.07) is 13.6. The van der Waals surface area contributed by atoms with Crippen LogP contribution in [0.15, 0.2) is 47.7 Å². The monoisotopic (exact) mass is 494 g/mol. The molecule has 5 rings (SSSR count). The minimum Gasteiger partial charge on any atom is -0.485 e. The number of ether oxygens (including phenoxy) is 2. The van der Waals surface area contributed by atoms with E-state index in [1.54, 1.807) is 0 Å². The van der Waals surface area contributed by atoms with Crippen LogP contribution in [0.1, 0.15) is 68.3 Å². The second kappa shape index (κ2) is 10.9. The molecule has 3 aliphatic rings. The predicted molar refractivity (Wildman–Crippen MR) is 143 cm³/mol. The smallest absolute Gasteiger partial charge is 0.145 e. The number of benzene rings is 2. The normalized spacial score (nSPS) is 21.9. The zero-order valence-corrected chi connectivity index (χ0v) is 22.2. The highest BCUT2D eigenvalue weighted by molar-refractivity contribution is 6.31. The molecule has 0 radical (unpaired) electrons. The van der Waals surface area contributed by atoms with Gasteiger partial charge in [0.2, 0.25) is 0 Å². The molecule has 0 saturated carbocycles. The molecule has 4 nitrogen and oxygen atoms in total. The van der Waals surface area contributed by atoms with Crippen LogP contribution in [0.2, 0.25) is 5.02 Å². The number of aryl methyl sites for hydroxylation is 1. The maximum Gasteiger partial charge on any atom is 0.145 e. The third-order valence-corrected chi connectivity index (χ3v) is 8.47. The van der Waals surface area contributed by atoms with Gasteiger partial charge in [0, 0.05) is 29.9 Å². The van der Waals surface area contributed by atoms with Crippen LogP contribution in [0.25, 0.3) is 0 Å². The summed E-state index contributed by atoms with van der Waals surface area (Å²) in [5.41, 5.74) is 8.51. The van der Waals surface area contributed by atoms with Crippen LogP contribution >= 0.6 is 11.6 Å². The molecule has 0 bridgehead atoms. The fraction of sp³-hybridized carbons (Fsp3) is 0.533. The largest absolute Gasteiger partial charge is 0.485 e. The molecule has 1 aliphatic carbocycles. The van der Waals surface area contributed by atoms with E-state index >= 15 is 0 Å². The maximum absolute atomic E-state index is 6.55. The van der Waals surface area contributed by atoms with Crippen LogP contribution in [0.3, 0.4) is 0 Å². The fourth-order valence-corrected chi connectivity index (χ4v) is 6.13. The van der Waals surface area contributed by atoms with Gasteiger partial charge in [-0.3, -0.25) is 4.90 Å². The lowest BCUT2D eigenvalue weighted by Gasteiger charge is -2.40. The number of hydrogen-bond donors (Lipinski definition) is 1. The van der Waals surface area contributed by atoms with Crippen LogP contribution in [-0.2, 0) is 24.0 Å². The minimum absolute atomic E-state index is 0.214. The summed E-state index contributed by atoms with van der Waals surface area (Å²) in [4.78, 5) is 2.71. The molecular weight excluding hydrogens is 456 g/mol. The highest BCUT2D eigenvalue weighted by atomic mass is 35.5. The average Bonchev–Trinajstić information content (AvgIpc) is 2.85. The van der Waals surface area contributed by atoms with Crippen LogP contribution < -0.4 is 10.1 Å². The van der Waals surface area contributed by atoms with Crippen molar-refractivity contribution in [1.29, 1.82) is 0 Å². The highest BCUT2D eigenvalue weighted by Gasteiger charge is 2.31. The number of fused-ring (bicyclic) bond motifs is 1. The average molecular weight is 495 g/mol. The fourth-order valence-electron chi connectivity index (χ4n) is 5.87. The van der Waals surface area contributed by atoms with Gasteiger partial charge in [0.25, 0.3) is 0 Å². The van der Waals surface area contributed by atoms with Gasteiger partial charge in [0.15, 0.2) is 0 Å². The van der Waals surface area contributed by atoms with E-state index < -0.39 is 0 Å². The second-order valence-electron chi connectivity index (χ2n) is 10.3. The van der Waals surface area contributed by atoms with E-state index in [-0.39, 0.29) is 12.1 Å². The van der Waals surface area contributed by atoms with Crippen LogP contribution in [0.5, 0.6) is 5.75 Å². The summed E-state index contributed by atoms with van der Waals surface area (Å²) in [6.45, 7) is 10.3. The zero-order chi connectivity index (χ0) is 24.4. The summed E-state index contributed by atoms with van der Waals surface area (Å²) >= 11 is 6.55. The summed E-state index contributed by atoms with van der Waals surface area (Å²) < 4.78 is 11.6. The SMILES string of the molecule is CCc1c(OC2COC2)ccc2c1CC(N1CCC(C)=C(NC(CC)c3ccccc3Cl)C1)CC2. The third-order valence-electron chi connectivity index (χ3n) is 8.13. The van der Waals surface area contributed by atoms with Crippen LogP contribution in [0, 0.1) is 0 Å². The van der Waals surface area contributed by atoms with Crippen molar-refractivity contribution in [3.05, 3.63) is 74.9 Å². The van der Waals surface area contributed by atoms with E-state index in [4.69, 9.17) is 21.1 Å². The number of rotatable bonds is 8. The van der Waals surface area contributed by atoms with Crippen molar-refractivity contribution in [1.82, 2.24) is 10.2 Å². The molecule has 2 aromatic carbocycles. The van der Waals surface area contributed by atoms with E-state index in [0.29, 0.717) is 19.3 Å². The van der Waals surface area contributed by atoms with Crippen LogP contribution in [0.4, 0.5) is 0 Å². The molecule has 0 aromatic heterocycles. The van der Waals surface area contributed by atoms with Crippen LogP contribution in [-0.4, -0.2) is 43.3 Å². The summed E-state index contributed by atoms with van der Waals surface area (Å²) in [7, 11) is 0. The molecule has 188 valence electrons. The summed E-state index contributed by atoms with van der Waals surface area (Å²) in [5, 5.41) is 4.74. The Morgan fingerprint density at radius 3 is 2.69 bits per heavy atom. The second-order valence-corrected chi connectivity index (χ2v) is 10.7. The van der Waals surface area contributed by atoms with Crippen molar-refractivity contribution in [2.45, 2.75) is 77.5 Å². The highest BCUT2D eigenvalue weighted by Crippen LogP contribution is 2.35. The van der Waals surface area contributed by atoms with E-state index in [0.717, 1.165) is 56.0 Å². The Morgan fingerprint density at radius 1 is 1.14 bits per heavy atom. The van der Waals surface area contributed by atoms with E-state index in [2.05, 4.69) is 55.3 Å². The van der Waals surface area contributed by atoms with E-state index in [1.165, 1.54) is 39.9 Å². The number of nitrogens with one attached hydrogen (secondary N) is 1. The van der Waals surface area contributed by atoms with Gasteiger partial charge >= 0.3 is 0 Å². The Morgan fingerprint density at radius 2 is 1.97 bits per heavy atom. The first-order valence-electron chi connectivity index (χ1n) is 13.4. The molecule has 2 atom stereocenters. The molecule has 35 heavy (non-hydrogen) atoms. The van der Waals surface area contributed by atoms with Crippen molar-refractivity contribution in [2.75, 3.05) is 26.3 Å². The Hall–Kier alpha value is -2.01. The molecule has 1 N–H and O–H groups in total. The first-order valence-corrected chi connectivity index (χ1v) is 13.8. The topological polar surface area (TPSA) is 33.7 Å². The quantitative estimate of drug-likeness (QED) is 0.469. The lowest BCUT2D eigenvalue weighted by Crippen LogP contribution is -2.45. The molecule has 2 aromatic rings. The number of nitrogens with zero attached hydrogens (tertiary/aromatic N) is 1. The standard InChI is InChI=1S/C30H39ClN2O2/c1-4-24-26-16-22(12-10-21(26)11-13-30(24)35-23-18-34-19-23)33-15-14-20(3)29(17-33)32-28(5-2)25-8-6-7-9-27(25)31/h6-9,11,13,22-23,28,32H,4-5,10,12,14-19H2,1-3H3. The van der Waals surface area contributed by atoms with Gasteiger partial charge in [0.05, 0.1) is 19.3 Å². The van der Waals surface area contributed by atoms with Gasteiger partial charge in [0.1, 0.15) is 11.9 Å². The number of hydrogen-bond acceptors (Lipinski definition) is 4. The molecule has 2 unspecified atom stereocenters. The Bertz CT molecular complexity index is 1080. The van der Waals surface area contributed by atoms with E-state index in [9.17, 15) is 0 Å². The van der Waals surface area contributed by atoms with Gasteiger partial charge in [-0.05, 0) is 79.8 Å². The zero-order valence-electron chi connectivity index (χ0n) is 21.4. The van der Waals surface area contributed by atoms with Crippen molar-refractivity contribution >= 4 is 11.6 Å². The van der Waals surface area contributed by atoms with Gasteiger partial charge in [-0.15, -0.1) is 0 Å². The lowest BCUT2D eigenvalue weighted by atomic mass is 9.83. The molecular formula is C30H39ClN2O2. The first kappa shape index (κ1) is 24.7. The number of halogens is 1. The first-order chi connectivity index (χ1) is 17.1. The third kappa shape index (κ3) is 5.26. The Balaban J connectivity index is 1.31. The van der Waals surface area contributed by atoms with Gasteiger partial charge in [-0.2, -0.15) is 0 Å². The van der Waals surface area contributed by atoms with Gasteiger partial charge in [-0.1, -0.05) is 55.3 Å². The summed E-state index contributed by atoms with van der Waals surface area (Å²) in [6.07, 6.45) is 6.85. The molecule has 1 fully saturated rings. The van der Waals surface area contributed by atoms with Crippen molar-refractivity contribution in [3.63, 3.8) is 0 Å². The van der Waals surface area contributed by atoms with E-state index in [1.807, 2.05) is 12.1 Å². The molecule has 1 saturated heterocycles. The minimum atomic E-state index is 0.214. The molecule has 2 heterocycles. The predicted octanol–water partition coefficient (Wildman–Crippen LogP) is 6.26. The maximum atomic E-state index is 6.55. The van der Waals surface area contributed by atoms with Crippen molar-refractivity contribution in [3.8, 4) is 5.75 Å². The lowest BCUT2D eigenvalue weighted by molar-refractivity contribution is -0.0800. The van der Waals surface area contributed by atoms with Crippen molar-refractivity contribution in [2.24, 2.45) is 0 Å². The van der Waals surface area contributed by atoms with Gasteiger partial charge < -0.3 is 14.8 Å². The summed E-state index contributed by atoms with van der Waals surface area (Å²) in [5.74, 6) is 1.07. The molecule has 5 heteroatoms. The van der Waals surface area contributed by atoms with Crippen molar-refractivity contribution < 1.29 is 9.47 Å². The Labute approximate surface area is 215 Å².